The van der Waals surface area contributed by atoms with E-state index in [0.717, 1.165) is 14.2 Å². The maximum Gasteiger partial charge on any atom is 0.513 e. The monoisotopic (exact) mass is 441 g/mol. The maximum atomic E-state index is 12.2. The largest absolute Gasteiger partial charge is 0.513 e. The lowest BCUT2D eigenvalue weighted by atomic mass is 10.1. The molecule has 0 spiro atoms. The summed E-state index contributed by atoms with van der Waals surface area (Å²) in [6, 6.07) is 3.18. The van der Waals surface area contributed by atoms with Gasteiger partial charge < -0.3 is 34.2 Å². The van der Waals surface area contributed by atoms with Crippen LogP contribution >= 0.6 is 0 Å². The van der Waals surface area contributed by atoms with Crippen molar-refractivity contribution < 1.29 is 47.6 Å². The molecule has 0 fully saturated rings. The van der Waals surface area contributed by atoms with Gasteiger partial charge in [-0.15, -0.1) is 0 Å². The molecule has 11 heteroatoms. The standard InChI is InChI=1S/C20H27NO10/c1-5-6-17(22)28-11-12(2)29-18(23)14(21)9-13-7-8-15(30-19(24)26-3)16(10-13)31-20(25)27-4/h7-8,10,12,14H,5-6,9,11,21H2,1-4H3/t12-,14-/m0/s1. The van der Waals surface area contributed by atoms with Crippen molar-refractivity contribution in [2.75, 3.05) is 20.8 Å². The molecule has 172 valence electrons. The third-order valence-electron chi connectivity index (χ3n) is 3.74. The van der Waals surface area contributed by atoms with Crippen LogP contribution < -0.4 is 15.2 Å². The lowest BCUT2D eigenvalue weighted by Crippen LogP contribution is -2.37. The molecule has 0 aliphatic carbocycles. The molecule has 0 amide bonds. The Bertz CT molecular complexity index is 779. The smallest absolute Gasteiger partial charge is 0.462 e. The van der Waals surface area contributed by atoms with Gasteiger partial charge in [0.2, 0.25) is 0 Å². The molecule has 0 aliphatic heterocycles. The number of hydrogen-bond donors (Lipinski definition) is 1. The van der Waals surface area contributed by atoms with E-state index in [2.05, 4.69) is 9.47 Å². The number of benzene rings is 1. The van der Waals surface area contributed by atoms with E-state index in [1.807, 2.05) is 6.92 Å². The van der Waals surface area contributed by atoms with Gasteiger partial charge >= 0.3 is 24.2 Å². The zero-order valence-corrected chi connectivity index (χ0v) is 17.9. The van der Waals surface area contributed by atoms with Crippen LogP contribution in [0.5, 0.6) is 11.5 Å². The van der Waals surface area contributed by atoms with Crippen molar-refractivity contribution in [1.29, 1.82) is 0 Å². The van der Waals surface area contributed by atoms with Crippen LogP contribution in [0.15, 0.2) is 18.2 Å². The molecule has 0 bridgehead atoms. The average molecular weight is 441 g/mol. The number of nitrogens with two attached hydrogens (primary N) is 1. The highest BCUT2D eigenvalue weighted by atomic mass is 16.7. The van der Waals surface area contributed by atoms with Crippen molar-refractivity contribution in [2.24, 2.45) is 5.73 Å². The lowest BCUT2D eigenvalue weighted by Gasteiger charge is -2.17. The van der Waals surface area contributed by atoms with Crippen molar-refractivity contribution in [3.8, 4) is 11.5 Å². The summed E-state index contributed by atoms with van der Waals surface area (Å²) in [6.45, 7) is 3.35. The number of methoxy groups -OCH3 is 2. The van der Waals surface area contributed by atoms with Gasteiger partial charge in [0.1, 0.15) is 18.8 Å². The first-order valence-corrected chi connectivity index (χ1v) is 9.46. The van der Waals surface area contributed by atoms with Crippen molar-refractivity contribution in [1.82, 2.24) is 0 Å². The predicted molar refractivity (Wildman–Crippen MR) is 106 cm³/mol. The van der Waals surface area contributed by atoms with E-state index in [-0.39, 0.29) is 36.9 Å². The van der Waals surface area contributed by atoms with Crippen LogP contribution in [0.1, 0.15) is 32.3 Å². The molecule has 0 saturated heterocycles. The minimum Gasteiger partial charge on any atom is -0.462 e. The summed E-state index contributed by atoms with van der Waals surface area (Å²) in [4.78, 5) is 46.4. The number of rotatable bonds is 10. The first-order valence-electron chi connectivity index (χ1n) is 9.46. The molecular weight excluding hydrogens is 414 g/mol. The third kappa shape index (κ3) is 9.34. The van der Waals surface area contributed by atoms with E-state index in [4.69, 9.17) is 24.7 Å². The minimum absolute atomic E-state index is 0.0250. The van der Waals surface area contributed by atoms with Crippen LogP contribution in [0.25, 0.3) is 0 Å². The minimum atomic E-state index is -1.05. The molecule has 1 aromatic carbocycles. The normalized spacial score (nSPS) is 12.2. The van der Waals surface area contributed by atoms with Gasteiger partial charge in [0.25, 0.3) is 0 Å². The number of esters is 2. The molecule has 0 unspecified atom stereocenters. The molecule has 0 radical (unpaired) electrons. The van der Waals surface area contributed by atoms with E-state index in [1.165, 1.54) is 18.2 Å². The van der Waals surface area contributed by atoms with Crippen LogP contribution in [0.4, 0.5) is 9.59 Å². The summed E-state index contributed by atoms with van der Waals surface area (Å²) in [7, 11) is 2.23. The van der Waals surface area contributed by atoms with E-state index < -0.39 is 30.4 Å². The van der Waals surface area contributed by atoms with Crippen molar-refractivity contribution in [2.45, 2.75) is 45.3 Å². The fraction of sp³-hybridized carbons (Fsp3) is 0.500. The molecule has 11 nitrogen and oxygen atoms in total. The second-order valence-corrected chi connectivity index (χ2v) is 6.38. The van der Waals surface area contributed by atoms with Crippen LogP contribution in [0, 0.1) is 0 Å². The molecule has 1 aromatic rings. The van der Waals surface area contributed by atoms with Gasteiger partial charge in [-0.1, -0.05) is 13.0 Å². The second-order valence-electron chi connectivity index (χ2n) is 6.38. The Morgan fingerprint density at radius 3 is 2.19 bits per heavy atom. The molecule has 0 aliphatic rings. The maximum absolute atomic E-state index is 12.2. The third-order valence-corrected chi connectivity index (χ3v) is 3.74. The second kappa shape index (κ2) is 13.1. The lowest BCUT2D eigenvalue weighted by molar-refractivity contribution is -0.159. The topological polar surface area (TPSA) is 150 Å². The van der Waals surface area contributed by atoms with Gasteiger partial charge in [-0.25, -0.2) is 9.59 Å². The van der Waals surface area contributed by atoms with E-state index in [0.29, 0.717) is 12.0 Å². The Balaban J connectivity index is 2.77. The van der Waals surface area contributed by atoms with Crippen LogP contribution in [-0.4, -0.2) is 57.2 Å². The fourth-order valence-corrected chi connectivity index (χ4v) is 2.25. The Morgan fingerprint density at radius 2 is 1.61 bits per heavy atom. The van der Waals surface area contributed by atoms with Gasteiger partial charge in [0.05, 0.1) is 14.2 Å². The Kier molecular flexibility index (Phi) is 10.8. The molecule has 0 aromatic heterocycles. The van der Waals surface area contributed by atoms with Gasteiger partial charge in [-0.05, 0) is 37.5 Å². The van der Waals surface area contributed by atoms with Crippen LogP contribution in [0.3, 0.4) is 0 Å². The summed E-state index contributed by atoms with van der Waals surface area (Å²) >= 11 is 0. The average Bonchev–Trinajstić information content (AvgIpc) is 2.73. The molecule has 0 heterocycles. The molecular formula is C20H27NO10. The highest BCUT2D eigenvalue weighted by Gasteiger charge is 2.21. The molecule has 1 rings (SSSR count). The van der Waals surface area contributed by atoms with Gasteiger partial charge in [-0.3, -0.25) is 9.59 Å². The number of ether oxygens (including phenoxy) is 6. The number of carbonyl (C=O) groups excluding carboxylic acids is 4. The first kappa shape index (κ1) is 25.7. The zero-order valence-electron chi connectivity index (χ0n) is 17.9. The van der Waals surface area contributed by atoms with Crippen molar-refractivity contribution >= 4 is 24.2 Å². The predicted octanol–water partition coefficient (Wildman–Crippen LogP) is 2.12. The van der Waals surface area contributed by atoms with Gasteiger partial charge in [-0.2, -0.15) is 0 Å². The van der Waals surface area contributed by atoms with Crippen LogP contribution in [0.2, 0.25) is 0 Å². The summed E-state index contributed by atoms with van der Waals surface area (Å²) in [5, 5.41) is 0. The highest BCUT2D eigenvalue weighted by Crippen LogP contribution is 2.29. The first-order chi connectivity index (χ1) is 14.7. The molecule has 0 saturated carbocycles. The fourth-order valence-electron chi connectivity index (χ4n) is 2.25. The number of hydrogen-bond acceptors (Lipinski definition) is 11. The number of carbonyl (C=O) groups is 4. The highest BCUT2D eigenvalue weighted by molar-refractivity contribution is 5.76. The van der Waals surface area contributed by atoms with E-state index in [1.54, 1.807) is 6.92 Å². The molecule has 2 atom stereocenters. The summed E-state index contributed by atoms with van der Waals surface area (Å²) < 4.78 is 28.9. The van der Waals surface area contributed by atoms with Gasteiger partial charge in [0, 0.05) is 6.42 Å². The SMILES string of the molecule is CCCC(=O)OC[C@H](C)OC(=O)[C@@H](N)Cc1ccc(OC(=O)OC)c(OC(=O)OC)c1. The summed E-state index contributed by atoms with van der Waals surface area (Å²) in [5.74, 6) is -1.31. The van der Waals surface area contributed by atoms with Crippen molar-refractivity contribution in [3.63, 3.8) is 0 Å². The summed E-state index contributed by atoms with van der Waals surface area (Å²) in [6.07, 6.45) is -1.77. The van der Waals surface area contributed by atoms with Gasteiger partial charge in [0.15, 0.2) is 11.5 Å². The Labute approximate surface area is 179 Å². The van der Waals surface area contributed by atoms with Crippen molar-refractivity contribution in [3.05, 3.63) is 23.8 Å². The summed E-state index contributed by atoms with van der Waals surface area (Å²) in [5.41, 5.74) is 6.39. The Hall–Kier alpha value is -3.34. The van der Waals surface area contributed by atoms with E-state index in [9.17, 15) is 19.2 Å². The van der Waals surface area contributed by atoms with E-state index >= 15 is 0 Å². The quantitative estimate of drug-likeness (QED) is 0.323. The van der Waals surface area contributed by atoms with Crippen LogP contribution in [-0.2, 0) is 35.0 Å². The Morgan fingerprint density at radius 1 is 1.00 bits per heavy atom. The zero-order chi connectivity index (χ0) is 23.4. The molecule has 2 N–H and O–H groups in total. The molecule has 31 heavy (non-hydrogen) atoms.